The lowest BCUT2D eigenvalue weighted by Crippen LogP contribution is -1.99. The van der Waals surface area contributed by atoms with E-state index in [0.29, 0.717) is 17.3 Å². The molecule has 0 atom stereocenters. The van der Waals surface area contributed by atoms with Crippen LogP contribution in [0.3, 0.4) is 0 Å². The van der Waals surface area contributed by atoms with Crippen LogP contribution in [0, 0.1) is 17.0 Å². The number of nitrogens with one attached hydrogen (secondary N) is 1. The number of anilines is 2. The van der Waals surface area contributed by atoms with E-state index < -0.39 is 4.92 Å². The van der Waals surface area contributed by atoms with Crippen LogP contribution in [-0.4, -0.2) is 22.0 Å². The van der Waals surface area contributed by atoms with E-state index in [4.69, 9.17) is 4.74 Å². The van der Waals surface area contributed by atoms with Gasteiger partial charge < -0.3 is 10.1 Å². The minimum Gasteiger partial charge on any atom is -0.497 e. The Morgan fingerprint density at radius 3 is 2.64 bits per heavy atom. The number of nitro groups is 1. The topological polar surface area (TPSA) is 90.2 Å². The Labute approximate surface area is 164 Å². The third-order valence-electron chi connectivity index (χ3n) is 4.27. The summed E-state index contributed by atoms with van der Waals surface area (Å²) < 4.78 is 5.23. The van der Waals surface area contributed by atoms with Crippen molar-refractivity contribution in [3.63, 3.8) is 0 Å². The minimum atomic E-state index is -0.417. The predicted octanol–water partition coefficient (Wildman–Crippen LogP) is 5.33. The van der Waals surface area contributed by atoms with Gasteiger partial charge in [0.05, 0.1) is 17.4 Å². The van der Waals surface area contributed by atoms with Crippen LogP contribution in [0.2, 0.25) is 0 Å². The van der Waals surface area contributed by atoms with Crippen molar-refractivity contribution < 1.29 is 9.66 Å². The number of methoxy groups -OCH3 is 1. The third kappa shape index (κ3) is 3.37. The van der Waals surface area contributed by atoms with E-state index in [1.165, 1.54) is 23.5 Å². The number of fused-ring (bicyclic) bond motifs is 1. The maximum atomic E-state index is 11.1. The van der Waals surface area contributed by atoms with E-state index in [0.717, 1.165) is 27.1 Å². The van der Waals surface area contributed by atoms with Gasteiger partial charge in [-0.25, -0.2) is 9.97 Å². The number of aromatic nitrogens is 2. The molecule has 4 aromatic rings. The van der Waals surface area contributed by atoms with E-state index in [2.05, 4.69) is 15.3 Å². The van der Waals surface area contributed by atoms with Crippen molar-refractivity contribution in [3.8, 4) is 16.9 Å². The molecule has 2 heterocycles. The Morgan fingerprint density at radius 1 is 1.14 bits per heavy atom. The molecule has 0 fully saturated rings. The molecular formula is C20H16N4O3S. The van der Waals surface area contributed by atoms with Crippen molar-refractivity contribution >= 4 is 38.7 Å². The fourth-order valence-corrected chi connectivity index (χ4v) is 3.95. The molecule has 140 valence electrons. The van der Waals surface area contributed by atoms with Gasteiger partial charge in [0.1, 0.15) is 22.2 Å². The summed E-state index contributed by atoms with van der Waals surface area (Å²) in [4.78, 5) is 20.6. The highest BCUT2D eigenvalue weighted by atomic mass is 32.1. The first-order chi connectivity index (χ1) is 13.5. The van der Waals surface area contributed by atoms with Crippen molar-refractivity contribution in [2.75, 3.05) is 12.4 Å². The fraction of sp³-hybridized carbons (Fsp3) is 0.100. The van der Waals surface area contributed by atoms with Gasteiger partial charge in [0.25, 0.3) is 5.69 Å². The van der Waals surface area contributed by atoms with Gasteiger partial charge in [-0.2, -0.15) is 0 Å². The molecule has 0 radical (unpaired) electrons. The number of nitrogens with zero attached hydrogens (tertiary/aromatic N) is 3. The monoisotopic (exact) mass is 392 g/mol. The number of hydrogen-bond donors (Lipinski definition) is 1. The molecule has 0 saturated carbocycles. The van der Waals surface area contributed by atoms with E-state index in [9.17, 15) is 10.1 Å². The molecule has 0 amide bonds. The summed E-state index contributed by atoms with van der Waals surface area (Å²) in [5.41, 5.74) is 2.63. The van der Waals surface area contributed by atoms with Gasteiger partial charge in [-0.3, -0.25) is 10.1 Å². The molecule has 0 aliphatic rings. The first-order valence-corrected chi connectivity index (χ1v) is 9.35. The van der Waals surface area contributed by atoms with Crippen LogP contribution in [-0.2, 0) is 0 Å². The maximum Gasteiger partial charge on any atom is 0.271 e. The summed E-state index contributed by atoms with van der Waals surface area (Å²) in [7, 11) is 1.63. The van der Waals surface area contributed by atoms with Gasteiger partial charge in [-0.15, -0.1) is 11.3 Å². The Balaban J connectivity index is 1.82. The van der Waals surface area contributed by atoms with Gasteiger partial charge in [-0.1, -0.05) is 18.2 Å². The van der Waals surface area contributed by atoms with E-state index >= 15 is 0 Å². The zero-order valence-electron chi connectivity index (χ0n) is 15.2. The minimum absolute atomic E-state index is 0.0210. The summed E-state index contributed by atoms with van der Waals surface area (Å²) >= 11 is 1.54. The molecule has 4 rings (SSSR count). The van der Waals surface area contributed by atoms with Gasteiger partial charge >= 0.3 is 0 Å². The number of benzene rings is 2. The number of aryl methyl sites for hydroxylation is 1. The van der Waals surface area contributed by atoms with Crippen molar-refractivity contribution in [3.05, 3.63) is 69.8 Å². The van der Waals surface area contributed by atoms with Crippen LogP contribution < -0.4 is 10.1 Å². The molecule has 7 nitrogen and oxygen atoms in total. The van der Waals surface area contributed by atoms with Crippen molar-refractivity contribution in [2.24, 2.45) is 0 Å². The number of rotatable bonds is 5. The second kappa shape index (κ2) is 7.24. The van der Waals surface area contributed by atoms with Crippen LogP contribution in [0.5, 0.6) is 5.75 Å². The van der Waals surface area contributed by atoms with E-state index in [1.807, 2.05) is 36.6 Å². The second-order valence-corrected chi connectivity index (χ2v) is 6.97. The van der Waals surface area contributed by atoms with Crippen LogP contribution in [0.4, 0.5) is 17.2 Å². The number of hydrogen-bond acceptors (Lipinski definition) is 7. The molecule has 2 aromatic carbocycles. The Hall–Kier alpha value is -3.52. The van der Waals surface area contributed by atoms with Crippen LogP contribution in [0.25, 0.3) is 21.3 Å². The van der Waals surface area contributed by atoms with Gasteiger partial charge in [0.2, 0.25) is 0 Å². The van der Waals surface area contributed by atoms with Crippen molar-refractivity contribution in [1.29, 1.82) is 0 Å². The molecule has 0 aliphatic carbocycles. The Bertz CT molecular complexity index is 1170. The Kier molecular flexibility index (Phi) is 4.62. The highest BCUT2D eigenvalue weighted by Crippen LogP contribution is 2.38. The molecule has 0 bridgehead atoms. The molecule has 0 unspecified atom stereocenters. The molecule has 2 aromatic heterocycles. The smallest absolute Gasteiger partial charge is 0.271 e. The van der Waals surface area contributed by atoms with E-state index in [1.54, 1.807) is 19.2 Å². The quantitative estimate of drug-likeness (QED) is 0.365. The van der Waals surface area contributed by atoms with Crippen LogP contribution in [0.15, 0.2) is 53.9 Å². The molecule has 1 N–H and O–H groups in total. The molecule has 0 spiro atoms. The number of non-ortho nitro benzene ring substituents is 1. The van der Waals surface area contributed by atoms with Gasteiger partial charge in [-0.05, 0) is 30.7 Å². The van der Waals surface area contributed by atoms with Crippen LogP contribution in [0.1, 0.15) is 5.82 Å². The van der Waals surface area contributed by atoms with Gasteiger partial charge in [0.15, 0.2) is 0 Å². The highest BCUT2D eigenvalue weighted by Gasteiger charge is 2.15. The summed E-state index contributed by atoms with van der Waals surface area (Å²) in [5.74, 6) is 2.03. The van der Waals surface area contributed by atoms with Crippen molar-refractivity contribution in [2.45, 2.75) is 6.92 Å². The summed E-state index contributed by atoms with van der Waals surface area (Å²) in [5, 5.41) is 17.2. The summed E-state index contributed by atoms with van der Waals surface area (Å²) in [6.45, 7) is 1.82. The number of ether oxygens (including phenoxy) is 1. The molecule has 0 aliphatic heterocycles. The van der Waals surface area contributed by atoms with Crippen molar-refractivity contribution in [1.82, 2.24) is 9.97 Å². The third-order valence-corrected chi connectivity index (χ3v) is 5.14. The number of nitro benzene ring substituents is 1. The summed E-state index contributed by atoms with van der Waals surface area (Å²) in [6.07, 6.45) is 0. The lowest BCUT2D eigenvalue weighted by molar-refractivity contribution is -0.384. The zero-order chi connectivity index (χ0) is 19.7. The normalized spacial score (nSPS) is 10.8. The lowest BCUT2D eigenvalue weighted by atomic mass is 10.1. The average molecular weight is 392 g/mol. The fourth-order valence-electron chi connectivity index (χ4n) is 2.96. The molecule has 0 saturated heterocycles. The highest BCUT2D eigenvalue weighted by molar-refractivity contribution is 7.17. The largest absolute Gasteiger partial charge is 0.497 e. The average Bonchev–Trinajstić information content (AvgIpc) is 3.12. The first kappa shape index (κ1) is 17.9. The first-order valence-electron chi connectivity index (χ1n) is 8.47. The molecule has 28 heavy (non-hydrogen) atoms. The lowest BCUT2D eigenvalue weighted by Gasteiger charge is -2.10. The number of thiophene rings is 1. The Morgan fingerprint density at radius 2 is 1.93 bits per heavy atom. The second-order valence-electron chi connectivity index (χ2n) is 6.11. The standard InChI is InChI=1S/C20H16N4O3S/c1-12-21-19(23-14-4-3-5-15(10-14)24(25)26)18-17(11-28-20(18)22-12)13-6-8-16(27-2)9-7-13/h3-11H,1-2H3,(H,21,22,23). The SMILES string of the molecule is COc1ccc(-c2csc3nc(C)nc(Nc4cccc([N+](=O)[O-])c4)c23)cc1. The zero-order valence-corrected chi connectivity index (χ0v) is 16.0. The maximum absolute atomic E-state index is 11.1. The van der Waals surface area contributed by atoms with Gasteiger partial charge in [0, 0.05) is 28.8 Å². The van der Waals surface area contributed by atoms with Crippen LogP contribution >= 0.6 is 11.3 Å². The summed E-state index contributed by atoms with van der Waals surface area (Å²) in [6, 6.07) is 14.1. The van der Waals surface area contributed by atoms with E-state index in [-0.39, 0.29) is 5.69 Å². The molecule has 8 heteroatoms. The molecular weight excluding hydrogens is 376 g/mol. The predicted molar refractivity (Wildman–Crippen MR) is 111 cm³/mol.